The van der Waals surface area contributed by atoms with Gasteiger partial charge >= 0.3 is 0 Å². The van der Waals surface area contributed by atoms with E-state index < -0.39 is 0 Å². The fraction of sp³-hybridized carbons (Fsp3) is 0.152. The third-order valence-electron chi connectivity index (χ3n) is 7.12. The molecule has 1 aliphatic rings. The van der Waals surface area contributed by atoms with E-state index >= 15 is 0 Å². The number of aliphatic imine (C=N–C) groups is 2. The number of halogens is 1. The second-order valence-electron chi connectivity index (χ2n) is 10.3. The Morgan fingerprint density at radius 2 is 1.27 bits per heavy atom. The zero-order chi connectivity index (χ0) is 32.4. The zero-order valence-electron chi connectivity index (χ0n) is 26.5. The number of hydrogen-bond donors (Lipinski definition) is 2. The number of thiophene rings is 2. The number of nitrogens with zero attached hydrogens (tertiary/aromatic N) is 9. The maximum absolute atomic E-state index is 4.36. The fourth-order valence-corrected chi connectivity index (χ4v) is 6.36. The second-order valence-corrected chi connectivity index (χ2v) is 13.0. The molecule has 0 saturated heterocycles. The van der Waals surface area contributed by atoms with Crippen molar-refractivity contribution in [3.05, 3.63) is 112 Å². The molecule has 5 aromatic heterocycles. The van der Waals surface area contributed by atoms with Gasteiger partial charge in [-0.3, -0.25) is 4.99 Å². The molecular formula is C33H34BrN11S4. The van der Waals surface area contributed by atoms with Crippen molar-refractivity contribution in [1.29, 1.82) is 0 Å². The van der Waals surface area contributed by atoms with E-state index in [1.54, 1.807) is 58.9 Å². The minimum Gasteiger partial charge on any atom is -0.363 e. The summed E-state index contributed by atoms with van der Waals surface area (Å²) < 4.78 is 2.83. The SMILES string of the molecule is C1=NC=NC1.C[C@H](Nc1ncnc2sccc12)c1ccc(-n2cncn2)cc1.C[C@H](Nc1ncnc2sccc12)c1ccc(Br)cc1.S.S. The minimum atomic E-state index is 0. The number of benzene rings is 2. The van der Waals surface area contributed by atoms with Gasteiger partial charge in [0.15, 0.2) is 0 Å². The van der Waals surface area contributed by atoms with Gasteiger partial charge in [0.25, 0.3) is 0 Å². The Morgan fingerprint density at radius 1 is 0.714 bits per heavy atom. The van der Waals surface area contributed by atoms with Gasteiger partial charge in [-0.1, -0.05) is 40.2 Å². The molecule has 0 spiro atoms. The zero-order valence-corrected chi connectivity index (χ0v) is 31.7. The lowest BCUT2D eigenvalue weighted by atomic mass is 10.1. The standard InChI is InChI=1S/C16H14N6S.C14H12BrN3S.C3H4N2.2H2S/c1-11(21-15-14-6-7-23-16(14)19-9-18-15)12-2-4-13(5-3-12)22-10-17-8-20-22;1-9(10-2-4-11(15)5-3-10)18-13-12-6-7-19-14(12)17-8-16-13;1-2-5-3-4-1;;/h2-11H,1H3,(H,18,19,21);2-9H,1H3,(H,16,17,18);1,3H,2H2;2*1H2/t11-;9-;;;/m00.../s1. The van der Waals surface area contributed by atoms with Gasteiger partial charge in [0, 0.05) is 22.8 Å². The van der Waals surface area contributed by atoms with E-state index in [0.717, 1.165) is 48.8 Å². The smallest absolute Gasteiger partial charge is 0.138 e. The van der Waals surface area contributed by atoms with E-state index in [1.807, 2.05) is 41.1 Å². The highest BCUT2D eigenvalue weighted by Gasteiger charge is 2.11. The number of hydrogen-bond acceptors (Lipinski definition) is 12. The van der Waals surface area contributed by atoms with Crippen LogP contribution in [0.25, 0.3) is 26.1 Å². The lowest BCUT2D eigenvalue weighted by molar-refractivity contribution is 0.859. The summed E-state index contributed by atoms with van der Waals surface area (Å²) in [4.78, 5) is 30.6. The number of anilines is 2. The Labute approximate surface area is 314 Å². The fourth-order valence-electron chi connectivity index (χ4n) is 4.63. The lowest BCUT2D eigenvalue weighted by Crippen LogP contribution is -2.08. The molecule has 16 heteroatoms. The first-order valence-corrected chi connectivity index (χ1v) is 17.2. The second kappa shape index (κ2) is 18.5. The van der Waals surface area contributed by atoms with Gasteiger partial charge in [-0.25, -0.2) is 34.6 Å². The first-order valence-electron chi connectivity index (χ1n) is 14.6. The molecule has 2 N–H and O–H groups in total. The van der Waals surface area contributed by atoms with Gasteiger partial charge < -0.3 is 10.6 Å². The molecule has 1 aliphatic heterocycles. The summed E-state index contributed by atoms with van der Waals surface area (Å²) in [6, 6.07) is 21.0. The van der Waals surface area contributed by atoms with E-state index in [0.29, 0.717) is 0 Å². The third kappa shape index (κ3) is 9.92. The van der Waals surface area contributed by atoms with E-state index in [-0.39, 0.29) is 39.1 Å². The minimum absolute atomic E-state index is 0. The average molecular weight is 793 g/mol. The molecule has 252 valence electrons. The van der Waals surface area contributed by atoms with Crippen LogP contribution in [-0.2, 0) is 0 Å². The Kier molecular flexibility index (Phi) is 14.2. The Hall–Kier alpha value is -4.22. The van der Waals surface area contributed by atoms with Gasteiger partial charge in [-0.05, 0) is 72.1 Å². The molecule has 0 aliphatic carbocycles. The molecule has 0 unspecified atom stereocenters. The van der Waals surface area contributed by atoms with Crippen LogP contribution in [-0.4, -0.2) is 53.8 Å². The first-order chi connectivity index (χ1) is 23.0. The van der Waals surface area contributed by atoms with Crippen LogP contribution in [0.5, 0.6) is 0 Å². The van der Waals surface area contributed by atoms with Gasteiger partial charge in [0.05, 0.1) is 23.0 Å². The van der Waals surface area contributed by atoms with Crippen LogP contribution in [0.2, 0.25) is 0 Å². The Bertz CT molecular complexity index is 2070. The quantitative estimate of drug-likeness (QED) is 0.165. The van der Waals surface area contributed by atoms with Crippen molar-refractivity contribution in [3.63, 3.8) is 0 Å². The average Bonchev–Trinajstić information content (AvgIpc) is 3.94. The normalized spacial score (nSPS) is 12.5. The van der Waals surface area contributed by atoms with Crippen molar-refractivity contribution in [2.24, 2.45) is 9.98 Å². The van der Waals surface area contributed by atoms with Gasteiger partial charge in [0.2, 0.25) is 0 Å². The van der Waals surface area contributed by atoms with Crippen LogP contribution < -0.4 is 10.6 Å². The van der Waals surface area contributed by atoms with Crippen LogP contribution in [0.4, 0.5) is 11.6 Å². The maximum Gasteiger partial charge on any atom is 0.138 e. The molecule has 0 radical (unpaired) electrons. The van der Waals surface area contributed by atoms with E-state index in [1.165, 1.54) is 17.5 Å². The van der Waals surface area contributed by atoms with E-state index in [2.05, 4.69) is 111 Å². The summed E-state index contributed by atoms with van der Waals surface area (Å²) in [5.74, 6) is 1.76. The number of nitrogens with one attached hydrogen (secondary N) is 2. The van der Waals surface area contributed by atoms with Crippen molar-refractivity contribution >= 4 is 110 Å². The number of rotatable bonds is 7. The predicted molar refractivity (Wildman–Crippen MR) is 217 cm³/mol. The summed E-state index contributed by atoms with van der Waals surface area (Å²) in [7, 11) is 0. The molecule has 8 rings (SSSR count). The van der Waals surface area contributed by atoms with Gasteiger partial charge in [0.1, 0.15) is 52.9 Å². The molecule has 11 nitrogen and oxygen atoms in total. The monoisotopic (exact) mass is 791 g/mol. The van der Waals surface area contributed by atoms with Crippen LogP contribution in [0, 0.1) is 0 Å². The lowest BCUT2D eigenvalue weighted by Gasteiger charge is -2.16. The first kappa shape index (κ1) is 37.6. The van der Waals surface area contributed by atoms with Crippen molar-refractivity contribution in [3.8, 4) is 5.69 Å². The van der Waals surface area contributed by atoms with Crippen molar-refractivity contribution in [1.82, 2.24) is 34.7 Å². The molecule has 0 bridgehead atoms. The van der Waals surface area contributed by atoms with Crippen molar-refractivity contribution in [2.45, 2.75) is 25.9 Å². The summed E-state index contributed by atoms with van der Waals surface area (Å²) in [5, 5.41) is 17.2. The van der Waals surface area contributed by atoms with Gasteiger partial charge in [-0.15, -0.1) is 22.7 Å². The highest BCUT2D eigenvalue weighted by Crippen LogP contribution is 2.28. The summed E-state index contributed by atoms with van der Waals surface area (Å²) in [5.41, 5.74) is 3.39. The van der Waals surface area contributed by atoms with Crippen LogP contribution in [0.15, 0.2) is 111 Å². The van der Waals surface area contributed by atoms with Gasteiger partial charge in [-0.2, -0.15) is 32.1 Å². The molecule has 7 aromatic rings. The number of fused-ring (bicyclic) bond motifs is 2. The molecule has 0 saturated carbocycles. The highest BCUT2D eigenvalue weighted by molar-refractivity contribution is 9.10. The summed E-state index contributed by atoms with van der Waals surface area (Å²) >= 11 is 6.70. The highest BCUT2D eigenvalue weighted by atomic mass is 79.9. The molecular weight excluding hydrogens is 759 g/mol. The molecule has 2 atom stereocenters. The van der Waals surface area contributed by atoms with E-state index in [4.69, 9.17) is 0 Å². The predicted octanol–water partition coefficient (Wildman–Crippen LogP) is 8.40. The van der Waals surface area contributed by atoms with Crippen molar-refractivity contribution < 1.29 is 0 Å². The summed E-state index contributed by atoms with van der Waals surface area (Å²) in [6.07, 6.45) is 9.74. The maximum atomic E-state index is 4.36. The van der Waals surface area contributed by atoms with Crippen molar-refractivity contribution in [2.75, 3.05) is 17.2 Å². The molecule has 49 heavy (non-hydrogen) atoms. The third-order valence-corrected chi connectivity index (χ3v) is 9.29. The van der Waals surface area contributed by atoms with E-state index in [9.17, 15) is 0 Å². The largest absolute Gasteiger partial charge is 0.363 e. The van der Waals surface area contributed by atoms with Crippen LogP contribution in [0.1, 0.15) is 37.1 Å². The Morgan fingerprint density at radius 3 is 1.71 bits per heavy atom. The summed E-state index contributed by atoms with van der Waals surface area (Å²) in [6.45, 7) is 5.02. The molecule has 0 amide bonds. The van der Waals surface area contributed by atoms with Crippen LogP contribution >= 0.6 is 65.6 Å². The molecule has 2 aromatic carbocycles. The molecule has 6 heterocycles. The topological polar surface area (TPSA) is 131 Å². The molecule has 0 fully saturated rings. The van der Waals surface area contributed by atoms with Crippen LogP contribution in [0.3, 0.4) is 0 Å². The Balaban J connectivity index is 0.000000189. The number of aromatic nitrogens is 7.